The summed E-state index contributed by atoms with van der Waals surface area (Å²) in [4.78, 5) is 14.8. The summed E-state index contributed by atoms with van der Waals surface area (Å²) in [6.07, 6.45) is 0. The molecule has 3 aromatic rings. The van der Waals surface area contributed by atoms with E-state index in [1.807, 2.05) is 12.1 Å². The number of hydrogen-bond donors (Lipinski definition) is 1. The highest BCUT2D eigenvalue weighted by atomic mass is 16.5. The minimum absolute atomic E-state index is 0.316. The lowest BCUT2D eigenvalue weighted by atomic mass is 10.1. The summed E-state index contributed by atoms with van der Waals surface area (Å²) >= 11 is 0. The maximum Gasteiger partial charge on any atom is 0.337 e. The van der Waals surface area contributed by atoms with E-state index in [0.717, 1.165) is 16.8 Å². The van der Waals surface area contributed by atoms with Gasteiger partial charge in [-0.25, -0.2) is 4.79 Å². The van der Waals surface area contributed by atoms with E-state index in [9.17, 15) is 4.79 Å². The number of rotatable bonds is 2. The molecule has 1 aromatic heterocycles. The van der Waals surface area contributed by atoms with Crippen molar-refractivity contribution in [3.8, 4) is 11.3 Å². The minimum atomic E-state index is -0.316. The van der Waals surface area contributed by atoms with Crippen molar-refractivity contribution in [1.29, 1.82) is 0 Å². The zero-order chi connectivity index (χ0) is 14.1. The number of carbonyl (C=O) groups is 1. The van der Waals surface area contributed by atoms with Crippen molar-refractivity contribution in [2.45, 2.75) is 6.92 Å². The summed E-state index contributed by atoms with van der Waals surface area (Å²) in [5, 5.41) is 1.19. The molecule has 0 bridgehead atoms. The molecule has 0 aliphatic heterocycles. The van der Waals surface area contributed by atoms with Crippen molar-refractivity contribution in [3.05, 3.63) is 59.7 Å². The molecule has 0 saturated carbocycles. The Labute approximate surface area is 117 Å². The number of carbonyl (C=O) groups excluding carboxylic acids is 1. The fourth-order valence-electron chi connectivity index (χ4n) is 2.37. The third-order valence-corrected chi connectivity index (χ3v) is 3.48. The SMILES string of the molecule is COC(=O)c1ccc(-c2cc3cccc(C)c3[nH]2)cc1. The fraction of sp³-hybridized carbons (Fsp3) is 0.118. The van der Waals surface area contributed by atoms with Gasteiger partial charge in [0.25, 0.3) is 0 Å². The summed E-state index contributed by atoms with van der Waals surface area (Å²) in [7, 11) is 1.39. The second kappa shape index (κ2) is 4.85. The Morgan fingerprint density at radius 3 is 2.50 bits per heavy atom. The van der Waals surface area contributed by atoms with E-state index >= 15 is 0 Å². The molecule has 0 radical (unpaired) electrons. The lowest BCUT2D eigenvalue weighted by molar-refractivity contribution is 0.0601. The first-order valence-electron chi connectivity index (χ1n) is 6.46. The second-order valence-electron chi connectivity index (χ2n) is 4.79. The van der Waals surface area contributed by atoms with Gasteiger partial charge in [0.05, 0.1) is 12.7 Å². The zero-order valence-corrected chi connectivity index (χ0v) is 11.4. The van der Waals surface area contributed by atoms with Crippen LogP contribution in [0.25, 0.3) is 22.2 Å². The van der Waals surface area contributed by atoms with Crippen LogP contribution in [0.1, 0.15) is 15.9 Å². The molecule has 0 aliphatic carbocycles. The Balaban J connectivity index is 2.02. The van der Waals surface area contributed by atoms with Crippen molar-refractivity contribution < 1.29 is 9.53 Å². The maximum absolute atomic E-state index is 11.4. The molecular weight excluding hydrogens is 250 g/mol. The zero-order valence-electron chi connectivity index (χ0n) is 11.4. The lowest BCUT2D eigenvalue weighted by Crippen LogP contribution is -2.00. The molecule has 3 heteroatoms. The van der Waals surface area contributed by atoms with Crippen LogP contribution in [0.15, 0.2) is 48.5 Å². The van der Waals surface area contributed by atoms with Crippen LogP contribution in [0.2, 0.25) is 0 Å². The third-order valence-electron chi connectivity index (χ3n) is 3.48. The molecule has 0 fully saturated rings. The highest BCUT2D eigenvalue weighted by Crippen LogP contribution is 2.26. The van der Waals surface area contributed by atoms with E-state index in [1.54, 1.807) is 12.1 Å². The van der Waals surface area contributed by atoms with E-state index in [1.165, 1.54) is 18.1 Å². The second-order valence-corrected chi connectivity index (χ2v) is 4.79. The van der Waals surface area contributed by atoms with Gasteiger partial charge in [-0.15, -0.1) is 0 Å². The summed E-state index contributed by atoms with van der Waals surface area (Å²) in [5.41, 5.74) is 5.03. The van der Waals surface area contributed by atoms with Crippen molar-refractivity contribution >= 4 is 16.9 Å². The number of H-pyrrole nitrogens is 1. The molecular formula is C17H15NO2. The summed E-state index contributed by atoms with van der Waals surface area (Å²) < 4.78 is 4.70. The van der Waals surface area contributed by atoms with E-state index in [0.29, 0.717) is 5.56 Å². The Kier molecular flexibility index (Phi) is 3.03. The topological polar surface area (TPSA) is 42.1 Å². The van der Waals surface area contributed by atoms with Gasteiger partial charge in [-0.1, -0.05) is 30.3 Å². The minimum Gasteiger partial charge on any atom is -0.465 e. The van der Waals surface area contributed by atoms with Crippen LogP contribution in [0.5, 0.6) is 0 Å². The van der Waals surface area contributed by atoms with Gasteiger partial charge in [0.15, 0.2) is 0 Å². The number of hydrogen-bond acceptors (Lipinski definition) is 2. The Hall–Kier alpha value is -2.55. The Bertz CT molecular complexity index is 769. The Morgan fingerprint density at radius 1 is 1.10 bits per heavy atom. The summed E-state index contributed by atoms with van der Waals surface area (Å²) in [6, 6.07) is 15.7. The lowest BCUT2D eigenvalue weighted by Gasteiger charge is -2.01. The number of ether oxygens (including phenoxy) is 1. The average Bonchev–Trinajstić information content (AvgIpc) is 2.92. The van der Waals surface area contributed by atoms with E-state index in [4.69, 9.17) is 4.74 Å². The normalized spacial score (nSPS) is 10.7. The molecule has 0 aliphatic rings. The number of fused-ring (bicyclic) bond motifs is 1. The van der Waals surface area contributed by atoms with Crippen LogP contribution in [-0.4, -0.2) is 18.1 Å². The number of aryl methyl sites for hydroxylation is 1. The molecule has 1 N–H and O–H groups in total. The van der Waals surface area contributed by atoms with Gasteiger partial charge in [0.2, 0.25) is 0 Å². The number of para-hydroxylation sites is 1. The first-order valence-corrected chi connectivity index (χ1v) is 6.46. The number of esters is 1. The van der Waals surface area contributed by atoms with Crippen LogP contribution < -0.4 is 0 Å². The van der Waals surface area contributed by atoms with Gasteiger partial charge < -0.3 is 9.72 Å². The standard InChI is InChI=1S/C17H15NO2/c1-11-4-3-5-14-10-15(18-16(11)14)12-6-8-13(9-7-12)17(19)20-2/h3-10,18H,1-2H3. The molecule has 3 nitrogen and oxygen atoms in total. The van der Waals surface area contributed by atoms with Gasteiger partial charge in [0.1, 0.15) is 0 Å². The van der Waals surface area contributed by atoms with Gasteiger partial charge in [-0.3, -0.25) is 0 Å². The van der Waals surface area contributed by atoms with Crippen LogP contribution in [0.4, 0.5) is 0 Å². The highest BCUT2D eigenvalue weighted by molar-refractivity contribution is 5.91. The molecule has 3 rings (SSSR count). The largest absolute Gasteiger partial charge is 0.465 e. The number of benzene rings is 2. The molecule has 100 valence electrons. The van der Waals surface area contributed by atoms with Crippen LogP contribution in [0.3, 0.4) is 0 Å². The fourth-order valence-corrected chi connectivity index (χ4v) is 2.37. The highest BCUT2D eigenvalue weighted by Gasteiger charge is 2.07. The molecule has 0 amide bonds. The third kappa shape index (κ3) is 2.07. The number of methoxy groups -OCH3 is 1. The van der Waals surface area contributed by atoms with Gasteiger partial charge in [0, 0.05) is 16.6 Å². The summed E-state index contributed by atoms with van der Waals surface area (Å²) in [5.74, 6) is -0.316. The van der Waals surface area contributed by atoms with Crippen LogP contribution >= 0.6 is 0 Å². The molecule has 20 heavy (non-hydrogen) atoms. The molecule has 0 unspecified atom stereocenters. The quantitative estimate of drug-likeness (QED) is 0.713. The first-order chi connectivity index (χ1) is 9.69. The molecule has 2 aromatic carbocycles. The van der Waals surface area contributed by atoms with Gasteiger partial charge in [-0.05, 0) is 36.2 Å². The van der Waals surface area contributed by atoms with Crippen molar-refractivity contribution in [3.63, 3.8) is 0 Å². The predicted molar refractivity (Wildman–Crippen MR) is 79.8 cm³/mol. The smallest absolute Gasteiger partial charge is 0.337 e. The van der Waals surface area contributed by atoms with Crippen LogP contribution in [0, 0.1) is 6.92 Å². The first kappa shape index (κ1) is 12.5. The molecule has 0 spiro atoms. The molecule has 0 atom stereocenters. The molecule has 0 saturated heterocycles. The van der Waals surface area contributed by atoms with Gasteiger partial charge in [-0.2, -0.15) is 0 Å². The molecule has 1 heterocycles. The maximum atomic E-state index is 11.4. The van der Waals surface area contributed by atoms with Crippen molar-refractivity contribution in [2.75, 3.05) is 7.11 Å². The summed E-state index contributed by atoms with van der Waals surface area (Å²) in [6.45, 7) is 2.09. The van der Waals surface area contributed by atoms with E-state index in [-0.39, 0.29) is 5.97 Å². The van der Waals surface area contributed by atoms with E-state index in [2.05, 4.69) is 36.2 Å². The number of aromatic nitrogens is 1. The van der Waals surface area contributed by atoms with Gasteiger partial charge >= 0.3 is 5.97 Å². The monoisotopic (exact) mass is 265 g/mol. The predicted octanol–water partition coefficient (Wildman–Crippen LogP) is 3.93. The van der Waals surface area contributed by atoms with E-state index < -0.39 is 0 Å². The number of aromatic amines is 1. The van der Waals surface area contributed by atoms with Crippen molar-refractivity contribution in [1.82, 2.24) is 4.98 Å². The Morgan fingerprint density at radius 2 is 1.85 bits per heavy atom. The van der Waals surface area contributed by atoms with Crippen LogP contribution in [-0.2, 0) is 4.74 Å². The van der Waals surface area contributed by atoms with Crippen molar-refractivity contribution in [2.24, 2.45) is 0 Å². The average molecular weight is 265 g/mol. The number of nitrogens with one attached hydrogen (secondary N) is 1.